The zero-order chi connectivity index (χ0) is 11.0. The van der Waals surface area contributed by atoms with Crippen LogP contribution in [-0.2, 0) is 0 Å². The highest BCUT2D eigenvalue weighted by Gasteiger charge is 2.41. The van der Waals surface area contributed by atoms with Crippen LogP contribution >= 0.6 is 0 Å². The molecule has 0 aliphatic heterocycles. The summed E-state index contributed by atoms with van der Waals surface area (Å²) in [5, 5.41) is 3.33. The molecule has 3 rings (SSSR count). The van der Waals surface area contributed by atoms with Gasteiger partial charge in [0.15, 0.2) is 0 Å². The lowest BCUT2D eigenvalue weighted by Gasteiger charge is -2.15. The van der Waals surface area contributed by atoms with Crippen LogP contribution in [-0.4, -0.2) is 16.5 Å². The fourth-order valence-corrected chi connectivity index (χ4v) is 2.43. The maximum Gasteiger partial charge on any atom is 0.224 e. The van der Waals surface area contributed by atoms with E-state index >= 15 is 0 Å². The molecule has 1 heterocycles. The molecule has 2 aliphatic rings. The number of nitrogens with two attached hydrogens (primary N) is 1. The summed E-state index contributed by atoms with van der Waals surface area (Å²) in [4.78, 5) is 8.33. The first-order valence-electron chi connectivity index (χ1n) is 6.15. The Morgan fingerprint density at radius 2 is 2.00 bits per heavy atom. The highest BCUT2D eigenvalue weighted by Crippen LogP contribution is 2.49. The molecule has 0 spiro atoms. The molecule has 3 N–H and O–H groups in total. The summed E-state index contributed by atoms with van der Waals surface area (Å²) in [6.07, 6.45) is 7.37. The van der Waals surface area contributed by atoms with Crippen molar-refractivity contribution in [3.63, 3.8) is 0 Å². The zero-order valence-corrected chi connectivity index (χ0v) is 9.39. The van der Waals surface area contributed by atoms with E-state index in [0.29, 0.717) is 11.8 Å². The Balaban J connectivity index is 1.58. The molecule has 2 saturated carbocycles. The first kappa shape index (κ1) is 9.87. The van der Waals surface area contributed by atoms with Crippen LogP contribution < -0.4 is 11.1 Å². The quantitative estimate of drug-likeness (QED) is 0.792. The molecule has 1 aromatic heterocycles. The third-order valence-electron chi connectivity index (χ3n) is 3.63. The summed E-state index contributed by atoms with van der Waals surface area (Å²) in [5.41, 5.74) is 5.62. The van der Waals surface area contributed by atoms with Gasteiger partial charge in [0.2, 0.25) is 5.95 Å². The predicted octanol–water partition coefficient (Wildman–Crippen LogP) is 1.91. The van der Waals surface area contributed by atoms with Crippen LogP contribution in [0.2, 0.25) is 0 Å². The molecule has 0 radical (unpaired) electrons. The third kappa shape index (κ3) is 2.26. The first-order chi connectivity index (χ1) is 7.83. The van der Waals surface area contributed by atoms with Crippen molar-refractivity contribution in [1.82, 2.24) is 9.97 Å². The Morgan fingerprint density at radius 1 is 1.31 bits per heavy atom. The maximum atomic E-state index is 5.62. The minimum absolute atomic E-state index is 0.534. The number of rotatable bonds is 5. The fraction of sp³-hybridized carbons (Fsp3) is 0.667. The number of hydrogen-bond donors (Lipinski definition) is 2. The average Bonchev–Trinajstić information content (AvgIpc) is 3.13. The molecule has 0 atom stereocenters. The average molecular weight is 218 g/mol. The van der Waals surface area contributed by atoms with E-state index in [4.69, 9.17) is 5.73 Å². The van der Waals surface area contributed by atoms with Crippen LogP contribution in [0.15, 0.2) is 12.3 Å². The molecular formula is C12H18N4. The van der Waals surface area contributed by atoms with E-state index in [-0.39, 0.29) is 0 Å². The minimum Gasteiger partial charge on any atom is -0.384 e. The van der Waals surface area contributed by atoms with Crippen molar-refractivity contribution in [1.29, 1.82) is 0 Å². The van der Waals surface area contributed by atoms with E-state index in [1.165, 1.54) is 25.7 Å². The smallest absolute Gasteiger partial charge is 0.224 e. The second kappa shape index (κ2) is 3.92. The van der Waals surface area contributed by atoms with Gasteiger partial charge in [-0.05, 0) is 49.5 Å². The number of nitrogen functional groups attached to an aromatic ring is 1. The van der Waals surface area contributed by atoms with Crippen molar-refractivity contribution < 1.29 is 0 Å². The van der Waals surface area contributed by atoms with Gasteiger partial charge in [-0.1, -0.05) is 0 Å². The number of aromatic nitrogens is 2. The van der Waals surface area contributed by atoms with Crippen molar-refractivity contribution >= 4 is 11.8 Å². The fourth-order valence-electron chi connectivity index (χ4n) is 2.43. The molecular weight excluding hydrogens is 200 g/mol. The lowest BCUT2D eigenvalue weighted by Crippen LogP contribution is -2.19. The Hall–Kier alpha value is -1.32. The minimum atomic E-state index is 0.534. The van der Waals surface area contributed by atoms with E-state index in [9.17, 15) is 0 Å². The van der Waals surface area contributed by atoms with E-state index in [2.05, 4.69) is 15.3 Å². The summed E-state index contributed by atoms with van der Waals surface area (Å²) in [6.45, 7) is 1.01. The predicted molar refractivity (Wildman–Crippen MR) is 63.9 cm³/mol. The van der Waals surface area contributed by atoms with Gasteiger partial charge in [0.1, 0.15) is 5.82 Å². The molecule has 0 aromatic carbocycles. The summed E-state index contributed by atoms with van der Waals surface area (Å²) in [6, 6.07) is 1.71. The molecule has 0 amide bonds. The van der Waals surface area contributed by atoms with Crippen molar-refractivity contribution in [3.8, 4) is 0 Å². The van der Waals surface area contributed by atoms with E-state index in [1.54, 1.807) is 12.3 Å². The number of anilines is 2. The van der Waals surface area contributed by atoms with Gasteiger partial charge < -0.3 is 11.1 Å². The molecule has 0 unspecified atom stereocenters. The van der Waals surface area contributed by atoms with E-state index in [0.717, 1.165) is 24.3 Å². The van der Waals surface area contributed by atoms with Crippen LogP contribution in [0.4, 0.5) is 11.8 Å². The molecule has 2 fully saturated rings. The Bertz CT molecular complexity index is 359. The molecule has 0 bridgehead atoms. The van der Waals surface area contributed by atoms with Gasteiger partial charge >= 0.3 is 0 Å². The van der Waals surface area contributed by atoms with Crippen LogP contribution in [0.5, 0.6) is 0 Å². The maximum absolute atomic E-state index is 5.62. The van der Waals surface area contributed by atoms with Crippen molar-refractivity contribution in [2.24, 2.45) is 17.8 Å². The topological polar surface area (TPSA) is 63.8 Å². The second-order valence-corrected chi connectivity index (χ2v) is 5.02. The van der Waals surface area contributed by atoms with Crippen LogP contribution in [0.25, 0.3) is 0 Å². The van der Waals surface area contributed by atoms with Crippen molar-refractivity contribution in [2.45, 2.75) is 25.7 Å². The van der Waals surface area contributed by atoms with Crippen molar-refractivity contribution in [3.05, 3.63) is 12.3 Å². The largest absolute Gasteiger partial charge is 0.384 e. The van der Waals surface area contributed by atoms with Gasteiger partial charge in [-0.15, -0.1) is 0 Å². The van der Waals surface area contributed by atoms with Crippen LogP contribution in [0, 0.1) is 17.8 Å². The molecule has 4 nitrogen and oxygen atoms in total. The Morgan fingerprint density at radius 3 is 2.56 bits per heavy atom. The van der Waals surface area contributed by atoms with E-state index < -0.39 is 0 Å². The Labute approximate surface area is 95.7 Å². The van der Waals surface area contributed by atoms with Crippen molar-refractivity contribution in [2.75, 3.05) is 17.6 Å². The molecule has 1 aromatic rings. The second-order valence-electron chi connectivity index (χ2n) is 5.02. The number of nitrogens with one attached hydrogen (secondary N) is 1. The summed E-state index contributed by atoms with van der Waals surface area (Å²) in [5.74, 6) is 3.96. The molecule has 2 aliphatic carbocycles. The van der Waals surface area contributed by atoms with Gasteiger partial charge in [-0.3, -0.25) is 0 Å². The van der Waals surface area contributed by atoms with E-state index in [1.807, 2.05) is 0 Å². The standard InChI is InChI=1S/C12H18N4/c13-11-5-6-14-12(16-11)15-7-10(8-1-2-8)9-3-4-9/h5-6,8-10H,1-4,7H2,(H3,13,14,15,16). The van der Waals surface area contributed by atoms with Gasteiger partial charge in [-0.2, -0.15) is 4.98 Å². The number of nitrogens with zero attached hydrogens (tertiary/aromatic N) is 2. The summed E-state index contributed by atoms with van der Waals surface area (Å²) < 4.78 is 0. The summed E-state index contributed by atoms with van der Waals surface area (Å²) in [7, 11) is 0. The van der Waals surface area contributed by atoms with Gasteiger partial charge in [-0.25, -0.2) is 4.98 Å². The Kier molecular flexibility index (Phi) is 2.42. The highest BCUT2D eigenvalue weighted by atomic mass is 15.1. The van der Waals surface area contributed by atoms with Crippen LogP contribution in [0.3, 0.4) is 0 Å². The third-order valence-corrected chi connectivity index (χ3v) is 3.63. The summed E-state index contributed by atoms with van der Waals surface area (Å²) >= 11 is 0. The normalized spacial score (nSPS) is 20.1. The van der Waals surface area contributed by atoms with Gasteiger partial charge in [0.25, 0.3) is 0 Å². The SMILES string of the molecule is Nc1ccnc(NCC(C2CC2)C2CC2)n1. The van der Waals surface area contributed by atoms with Crippen LogP contribution in [0.1, 0.15) is 25.7 Å². The lowest BCUT2D eigenvalue weighted by atomic mass is 9.98. The first-order valence-corrected chi connectivity index (χ1v) is 6.15. The number of hydrogen-bond acceptors (Lipinski definition) is 4. The molecule has 86 valence electrons. The molecule has 4 heteroatoms. The zero-order valence-electron chi connectivity index (χ0n) is 9.39. The lowest BCUT2D eigenvalue weighted by molar-refractivity contribution is 0.427. The highest BCUT2D eigenvalue weighted by molar-refractivity contribution is 5.35. The molecule has 0 saturated heterocycles. The monoisotopic (exact) mass is 218 g/mol. The van der Waals surface area contributed by atoms with Gasteiger partial charge in [0.05, 0.1) is 0 Å². The molecule has 16 heavy (non-hydrogen) atoms. The van der Waals surface area contributed by atoms with Gasteiger partial charge in [0, 0.05) is 12.7 Å².